The number of benzene rings is 2. The van der Waals surface area contributed by atoms with Gasteiger partial charge in [0.25, 0.3) is 0 Å². The summed E-state index contributed by atoms with van der Waals surface area (Å²) in [5.74, 6) is 0.0189. The Morgan fingerprint density at radius 1 is 0.922 bits per heavy atom. The summed E-state index contributed by atoms with van der Waals surface area (Å²) >= 11 is 0. The van der Waals surface area contributed by atoms with Gasteiger partial charge in [0.05, 0.1) is 40.3 Å². The highest BCUT2D eigenvalue weighted by atomic mass is 16.3. The van der Waals surface area contributed by atoms with Crippen LogP contribution in [0.15, 0.2) is 65.7 Å². The van der Waals surface area contributed by atoms with Gasteiger partial charge in [0, 0.05) is 44.4 Å². The fourth-order valence-corrected chi connectivity index (χ4v) is 8.38. The number of aryl methyl sites for hydroxylation is 1. The number of likely N-dealkylation sites (tertiary alicyclic amines) is 1. The normalized spacial score (nSPS) is 21.9. The summed E-state index contributed by atoms with van der Waals surface area (Å²) in [6.45, 7) is 2.01. The number of imide groups is 1. The molecule has 14 nitrogen and oxygen atoms in total. The van der Waals surface area contributed by atoms with Gasteiger partial charge >= 0.3 is 5.69 Å². The van der Waals surface area contributed by atoms with E-state index in [1.165, 1.54) is 0 Å². The first-order valence-corrected chi connectivity index (χ1v) is 17.8. The van der Waals surface area contributed by atoms with E-state index in [-0.39, 0.29) is 29.6 Å². The number of phenolic OH excluding ortho intramolecular Hbond substituents is 1. The molecule has 1 saturated carbocycles. The molecule has 2 aliphatic heterocycles. The second-order valence-electron chi connectivity index (χ2n) is 14.0. The van der Waals surface area contributed by atoms with Crippen LogP contribution in [0.25, 0.3) is 22.3 Å². The van der Waals surface area contributed by atoms with Crippen molar-refractivity contribution >= 4 is 40.0 Å². The van der Waals surface area contributed by atoms with E-state index >= 15 is 0 Å². The van der Waals surface area contributed by atoms with Gasteiger partial charge in [0.15, 0.2) is 5.82 Å². The number of amides is 2. The van der Waals surface area contributed by atoms with Gasteiger partial charge in [-0.25, -0.2) is 4.79 Å². The molecule has 264 valence electrons. The lowest BCUT2D eigenvalue weighted by Gasteiger charge is -2.41. The van der Waals surface area contributed by atoms with E-state index in [1.807, 2.05) is 29.1 Å². The van der Waals surface area contributed by atoms with Crippen molar-refractivity contribution in [2.24, 2.45) is 7.05 Å². The number of aromatic nitrogens is 6. The second kappa shape index (κ2) is 13.3. The lowest BCUT2D eigenvalue weighted by atomic mass is 9.80. The van der Waals surface area contributed by atoms with Crippen LogP contribution in [-0.2, 0) is 16.6 Å². The predicted molar refractivity (Wildman–Crippen MR) is 192 cm³/mol. The van der Waals surface area contributed by atoms with Gasteiger partial charge in [-0.05, 0) is 80.7 Å². The molecular weight excluding hydrogens is 648 g/mol. The highest BCUT2D eigenvalue weighted by Gasteiger charge is 2.34. The topological polar surface area (TPSA) is 178 Å². The number of aromatic hydroxyl groups is 1. The summed E-state index contributed by atoms with van der Waals surface area (Å²) in [7, 11) is 1.78. The third-order valence-corrected chi connectivity index (χ3v) is 11.1. The zero-order valence-corrected chi connectivity index (χ0v) is 28.5. The third-order valence-electron chi connectivity index (χ3n) is 11.1. The van der Waals surface area contributed by atoms with Gasteiger partial charge in [0.2, 0.25) is 11.8 Å². The number of anilines is 3. The molecule has 3 fully saturated rings. The Morgan fingerprint density at radius 3 is 2.47 bits per heavy atom. The largest absolute Gasteiger partial charge is 0.507 e. The molecule has 8 rings (SSSR count). The Hall–Kier alpha value is -5.50. The number of piperidine rings is 2. The number of hydrogen-bond donors (Lipinski definition) is 4. The van der Waals surface area contributed by atoms with Crippen LogP contribution in [0.5, 0.6) is 5.75 Å². The molecule has 0 radical (unpaired) electrons. The van der Waals surface area contributed by atoms with Crippen molar-refractivity contribution in [1.29, 1.82) is 0 Å². The third kappa shape index (κ3) is 6.13. The van der Waals surface area contributed by atoms with Crippen LogP contribution in [0.1, 0.15) is 74.9 Å². The molecule has 3 aromatic heterocycles. The molecule has 0 spiro atoms. The van der Waals surface area contributed by atoms with Crippen molar-refractivity contribution in [2.75, 3.05) is 24.1 Å². The lowest BCUT2D eigenvalue weighted by Crippen LogP contribution is -2.44. The average Bonchev–Trinajstić information content (AvgIpc) is 3.71. The van der Waals surface area contributed by atoms with Crippen molar-refractivity contribution in [1.82, 2.24) is 39.3 Å². The molecule has 2 amide bonds. The summed E-state index contributed by atoms with van der Waals surface area (Å²) in [5, 5.41) is 28.9. The second-order valence-corrected chi connectivity index (χ2v) is 14.0. The number of nitrogens with zero attached hydrogens (tertiary/aromatic N) is 7. The summed E-state index contributed by atoms with van der Waals surface area (Å²) in [4.78, 5) is 40.5. The van der Waals surface area contributed by atoms with Crippen LogP contribution < -0.4 is 22.1 Å². The fraction of sp³-hybridized carbons (Fsp3) is 0.405. The molecule has 5 heterocycles. The van der Waals surface area contributed by atoms with E-state index in [0.29, 0.717) is 41.4 Å². The highest BCUT2D eigenvalue weighted by molar-refractivity contribution is 6.00. The van der Waals surface area contributed by atoms with E-state index < -0.39 is 11.9 Å². The summed E-state index contributed by atoms with van der Waals surface area (Å²) in [6, 6.07) is 14.9. The van der Waals surface area contributed by atoms with Gasteiger partial charge in [-0.3, -0.25) is 28.7 Å². The minimum Gasteiger partial charge on any atom is -0.507 e. The van der Waals surface area contributed by atoms with Crippen molar-refractivity contribution in [3.63, 3.8) is 0 Å². The van der Waals surface area contributed by atoms with Crippen molar-refractivity contribution in [3.8, 4) is 17.0 Å². The average molecular weight is 691 g/mol. The minimum absolute atomic E-state index is 0.125. The number of hydrogen-bond acceptors (Lipinski definition) is 10. The number of rotatable bonds is 7. The van der Waals surface area contributed by atoms with Crippen LogP contribution in [0, 0.1) is 0 Å². The zero-order valence-electron chi connectivity index (χ0n) is 28.5. The maximum Gasteiger partial charge on any atom is 0.329 e. The molecular formula is C37H42N10O4. The lowest BCUT2D eigenvalue weighted by molar-refractivity contribution is -0.135. The van der Waals surface area contributed by atoms with Crippen molar-refractivity contribution in [2.45, 2.75) is 75.4 Å². The highest BCUT2D eigenvalue weighted by Crippen LogP contribution is 2.40. The predicted octanol–water partition coefficient (Wildman–Crippen LogP) is 4.37. The van der Waals surface area contributed by atoms with Gasteiger partial charge < -0.3 is 21.1 Å². The van der Waals surface area contributed by atoms with Crippen molar-refractivity contribution < 1.29 is 14.7 Å². The maximum absolute atomic E-state index is 13.4. The molecule has 2 saturated heterocycles. The standard InChI is InChI=1S/C37H42N10O4/c1-44-34-26(6-4-7-30(34)47(37(44)51)31-13-14-33(49)41-36(31)50)22-9-11-24(12-10-22)45-17-15-25(16-18-45)46-21-23(20-39-46)40-29-19-28(42-43-35(29)38)27-5-2-3-8-32(27)48/h2-8,19-22,24-25,31,48H,9-18H2,1H3,(H2,38,43)(H,40,42)(H,41,49,50). The molecule has 1 aliphatic carbocycles. The number of fused-ring (bicyclic) bond motifs is 1. The molecule has 0 bridgehead atoms. The number of imidazole rings is 1. The number of nitrogen functional groups attached to an aromatic ring is 1. The number of para-hydroxylation sites is 2. The van der Waals surface area contributed by atoms with Crippen LogP contribution in [0.3, 0.4) is 0 Å². The van der Waals surface area contributed by atoms with E-state index in [4.69, 9.17) is 5.73 Å². The summed E-state index contributed by atoms with van der Waals surface area (Å²) in [6.07, 6.45) is 10.6. The van der Waals surface area contributed by atoms with Gasteiger partial charge in [0.1, 0.15) is 11.8 Å². The van der Waals surface area contributed by atoms with Gasteiger partial charge in [-0.1, -0.05) is 24.3 Å². The number of carbonyl (C=O) groups excluding carboxylic acids is 2. The number of nitrogens with two attached hydrogens (primary N) is 1. The molecule has 1 unspecified atom stereocenters. The first kappa shape index (κ1) is 32.7. The Balaban J connectivity index is 0.887. The van der Waals surface area contributed by atoms with E-state index in [9.17, 15) is 19.5 Å². The van der Waals surface area contributed by atoms with Crippen LogP contribution >= 0.6 is 0 Å². The Bertz CT molecular complexity index is 2170. The van der Waals surface area contributed by atoms with Crippen molar-refractivity contribution in [3.05, 3.63) is 77.0 Å². The zero-order chi connectivity index (χ0) is 35.2. The molecule has 51 heavy (non-hydrogen) atoms. The van der Waals surface area contributed by atoms with Crippen LogP contribution in [0.2, 0.25) is 0 Å². The smallest absolute Gasteiger partial charge is 0.329 e. The monoisotopic (exact) mass is 690 g/mol. The van der Waals surface area contributed by atoms with E-state index in [2.05, 4.69) is 36.9 Å². The summed E-state index contributed by atoms with van der Waals surface area (Å²) in [5.41, 5.74) is 11.2. The molecule has 5 aromatic rings. The Kier molecular flexibility index (Phi) is 8.54. The molecule has 3 aliphatic rings. The van der Waals surface area contributed by atoms with Crippen LogP contribution in [0.4, 0.5) is 17.2 Å². The molecule has 14 heteroatoms. The minimum atomic E-state index is -0.681. The Labute approximate surface area is 294 Å². The summed E-state index contributed by atoms with van der Waals surface area (Å²) < 4.78 is 5.30. The van der Waals surface area contributed by atoms with E-state index in [0.717, 1.165) is 73.9 Å². The van der Waals surface area contributed by atoms with Gasteiger partial charge in [-0.15, -0.1) is 10.2 Å². The molecule has 2 aromatic carbocycles. The Morgan fingerprint density at radius 2 is 1.71 bits per heavy atom. The first-order valence-electron chi connectivity index (χ1n) is 17.8. The first-order chi connectivity index (χ1) is 24.7. The molecule has 1 atom stereocenters. The number of nitrogens with one attached hydrogen (secondary N) is 2. The molecule has 5 N–H and O–H groups in total. The number of phenols is 1. The fourth-order valence-electron chi connectivity index (χ4n) is 8.38. The quantitative estimate of drug-likeness (QED) is 0.179. The van der Waals surface area contributed by atoms with E-state index in [1.54, 1.807) is 46.6 Å². The maximum atomic E-state index is 13.4. The SMILES string of the molecule is Cn1c(=O)n(C2CCC(=O)NC2=O)c2cccc(C3CCC(N4CCC(n5cc(Nc6cc(-c7ccccc7O)nnc6N)cn5)CC4)CC3)c21. The number of carbonyl (C=O) groups is 2. The van der Waals surface area contributed by atoms with Crippen LogP contribution in [-0.4, -0.2) is 70.1 Å². The van der Waals surface area contributed by atoms with Gasteiger partial charge in [-0.2, -0.15) is 5.10 Å².